The summed E-state index contributed by atoms with van der Waals surface area (Å²) in [6.07, 6.45) is 6.54. The summed E-state index contributed by atoms with van der Waals surface area (Å²) in [6, 6.07) is 26.8. The van der Waals surface area contributed by atoms with E-state index < -0.39 is 0 Å². The lowest BCUT2D eigenvalue weighted by molar-refractivity contribution is -0.112. The first-order chi connectivity index (χ1) is 19.3. The van der Waals surface area contributed by atoms with Crippen molar-refractivity contribution in [1.82, 2.24) is 0 Å². The average molecular weight is 533 g/mol. The normalized spacial score (nSPS) is 11.0. The molecule has 0 saturated carbocycles. The number of methoxy groups -OCH3 is 2. The lowest BCUT2D eigenvalue weighted by Gasteiger charge is -2.12. The van der Waals surface area contributed by atoms with Crippen LogP contribution in [0.25, 0.3) is 23.3 Å². The van der Waals surface area contributed by atoms with Gasteiger partial charge in [0, 0.05) is 23.5 Å². The van der Waals surface area contributed by atoms with Gasteiger partial charge in [-0.05, 0) is 108 Å². The Labute approximate surface area is 235 Å². The standard InChI is InChI=1S/C34H32N2O4/c1-23-21-27(11-17-31(23)35-33(37)19-9-25-5-13-29(39-3)14-6-25)28-12-18-32(24(2)22-28)36-34(38)20-10-26-7-15-30(40-4)16-8-26/h5-22H,1-4H3,(H,35,37)(H,36,38)/b19-9+,20-10+. The fourth-order valence-electron chi connectivity index (χ4n) is 4.09. The van der Waals surface area contributed by atoms with Gasteiger partial charge >= 0.3 is 0 Å². The molecule has 0 aromatic heterocycles. The maximum atomic E-state index is 12.5. The molecule has 0 spiro atoms. The van der Waals surface area contributed by atoms with Crippen molar-refractivity contribution in [1.29, 1.82) is 0 Å². The van der Waals surface area contributed by atoms with Crippen molar-refractivity contribution < 1.29 is 19.1 Å². The van der Waals surface area contributed by atoms with Crippen LogP contribution in [0.2, 0.25) is 0 Å². The molecular weight excluding hydrogens is 500 g/mol. The minimum atomic E-state index is -0.205. The van der Waals surface area contributed by atoms with E-state index in [9.17, 15) is 9.59 Å². The third-order valence-electron chi connectivity index (χ3n) is 6.39. The summed E-state index contributed by atoms with van der Waals surface area (Å²) in [7, 11) is 3.24. The highest BCUT2D eigenvalue weighted by Gasteiger charge is 2.08. The number of benzene rings is 4. The minimum absolute atomic E-state index is 0.205. The molecule has 2 N–H and O–H groups in total. The lowest BCUT2D eigenvalue weighted by atomic mass is 10.00. The van der Waals surface area contributed by atoms with Crippen LogP contribution >= 0.6 is 0 Å². The number of rotatable bonds is 9. The summed E-state index contributed by atoms with van der Waals surface area (Å²) >= 11 is 0. The number of carbonyl (C=O) groups excluding carboxylic acids is 2. The average Bonchev–Trinajstić information content (AvgIpc) is 2.97. The summed E-state index contributed by atoms with van der Waals surface area (Å²) in [5.41, 5.74) is 7.24. The van der Waals surface area contributed by atoms with Crippen LogP contribution in [-0.2, 0) is 9.59 Å². The molecule has 4 rings (SSSR count). The molecule has 6 heteroatoms. The molecule has 0 bridgehead atoms. The van der Waals surface area contributed by atoms with Gasteiger partial charge < -0.3 is 20.1 Å². The second kappa shape index (κ2) is 13.1. The van der Waals surface area contributed by atoms with E-state index in [1.54, 1.807) is 26.4 Å². The van der Waals surface area contributed by atoms with E-state index in [-0.39, 0.29) is 11.8 Å². The second-order valence-corrected chi connectivity index (χ2v) is 9.25. The molecule has 0 saturated heterocycles. The Balaban J connectivity index is 1.37. The van der Waals surface area contributed by atoms with E-state index in [1.165, 1.54) is 12.2 Å². The van der Waals surface area contributed by atoms with Crippen molar-refractivity contribution in [2.75, 3.05) is 24.9 Å². The van der Waals surface area contributed by atoms with Gasteiger partial charge in [0.2, 0.25) is 11.8 Å². The van der Waals surface area contributed by atoms with Crippen LogP contribution in [-0.4, -0.2) is 26.0 Å². The van der Waals surface area contributed by atoms with Crippen LogP contribution < -0.4 is 20.1 Å². The van der Waals surface area contributed by atoms with Crippen molar-refractivity contribution in [2.24, 2.45) is 0 Å². The molecule has 0 aliphatic heterocycles. The SMILES string of the molecule is COc1ccc(/C=C/C(=O)Nc2ccc(-c3ccc(NC(=O)/C=C/c4ccc(OC)cc4)c(C)c3)cc2C)cc1. The second-order valence-electron chi connectivity index (χ2n) is 9.25. The van der Waals surface area contributed by atoms with Crippen LogP contribution in [0.5, 0.6) is 11.5 Å². The number of ether oxygens (including phenoxy) is 2. The van der Waals surface area contributed by atoms with E-state index in [0.717, 1.165) is 56.3 Å². The van der Waals surface area contributed by atoms with Crippen LogP contribution in [0, 0.1) is 13.8 Å². The number of aryl methyl sites for hydroxylation is 2. The molecule has 0 radical (unpaired) electrons. The van der Waals surface area contributed by atoms with Crippen LogP contribution in [0.1, 0.15) is 22.3 Å². The van der Waals surface area contributed by atoms with Crippen molar-refractivity contribution in [3.8, 4) is 22.6 Å². The number of nitrogens with one attached hydrogen (secondary N) is 2. The van der Waals surface area contributed by atoms with Crippen LogP contribution in [0.4, 0.5) is 11.4 Å². The summed E-state index contributed by atoms with van der Waals surface area (Å²) in [4.78, 5) is 24.9. The third kappa shape index (κ3) is 7.48. The van der Waals surface area contributed by atoms with Gasteiger partial charge in [0.15, 0.2) is 0 Å². The summed E-state index contributed by atoms with van der Waals surface area (Å²) in [5.74, 6) is 1.13. The zero-order valence-corrected chi connectivity index (χ0v) is 23.0. The monoisotopic (exact) mass is 532 g/mol. The first-order valence-corrected chi connectivity index (χ1v) is 12.8. The first kappa shape index (κ1) is 27.9. The molecule has 202 valence electrons. The zero-order valence-electron chi connectivity index (χ0n) is 23.0. The maximum Gasteiger partial charge on any atom is 0.248 e. The first-order valence-electron chi connectivity index (χ1n) is 12.8. The Morgan fingerprint density at radius 3 is 1.27 bits per heavy atom. The Hall–Kier alpha value is -5.10. The smallest absolute Gasteiger partial charge is 0.248 e. The fourth-order valence-corrected chi connectivity index (χ4v) is 4.09. The van der Waals surface area contributed by atoms with Gasteiger partial charge in [-0.1, -0.05) is 36.4 Å². The Morgan fingerprint density at radius 1 is 0.575 bits per heavy atom. The lowest BCUT2D eigenvalue weighted by Crippen LogP contribution is -2.09. The van der Waals surface area contributed by atoms with Gasteiger partial charge in [0.25, 0.3) is 0 Å². The van der Waals surface area contributed by atoms with E-state index in [0.29, 0.717) is 0 Å². The van der Waals surface area contributed by atoms with E-state index in [1.807, 2.05) is 98.8 Å². The van der Waals surface area contributed by atoms with Crippen molar-refractivity contribution in [3.05, 3.63) is 119 Å². The zero-order chi connectivity index (χ0) is 28.5. The highest BCUT2D eigenvalue weighted by Crippen LogP contribution is 2.28. The molecule has 0 aliphatic carbocycles. The third-order valence-corrected chi connectivity index (χ3v) is 6.39. The van der Waals surface area contributed by atoms with Gasteiger partial charge in [-0.25, -0.2) is 0 Å². The summed E-state index contributed by atoms with van der Waals surface area (Å²) in [6.45, 7) is 3.92. The summed E-state index contributed by atoms with van der Waals surface area (Å²) < 4.78 is 10.3. The Bertz CT molecular complexity index is 1430. The number of hydrogen-bond donors (Lipinski definition) is 2. The highest BCUT2D eigenvalue weighted by molar-refractivity contribution is 6.03. The molecule has 0 atom stereocenters. The molecule has 0 fully saturated rings. The topological polar surface area (TPSA) is 76.7 Å². The van der Waals surface area contributed by atoms with Crippen molar-refractivity contribution in [2.45, 2.75) is 13.8 Å². The van der Waals surface area contributed by atoms with Gasteiger partial charge in [-0.15, -0.1) is 0 Å². The van der Waals surface area contributed by atoms with Gasteiger partial charge in [0.1, 0.15) is 11.5 Å². The Morgan fingerprint density at radius 2 is 0.950 bits per heavy atom. The predicted octanol–water partition coefficient (Wildman–Crippen LogP) is 7.29. The minimum Gasteiger partial charge on any atom is -0.497 e. The quantitative estimate of drug-likeness (QED) is 0.222. The molecule has 4 aromatic carbocycles. The number of hydrogen-bond acceptors (Lipinski definition) is 4. The maximum absolute atomic E-state index is 12.5. The van der Waals surface area contributed by atoms with Crippen LogP contribution in [0.3, 0.4) is 0 Å². The van der Waals surface area contributed by atoms with Gasteiger partial charge in [-0.2, -0.15) is 0 Å². The summed E-state index contributed by atoms with van der Waals surface area (Å²) in [5, 5.41) is 5.89. The number of carbonyl (C=O) groups is 2. The molecular formula is C34H32N2O4. The van der Waals surface area contributed by atoms with Crippen molar-refractivity contribution >= 4 is 35.3 Å². The molecule has 4 aromatic rings. The Kier molecular flexibility index (Phi) is 9.15. The fraction of sp³-hybridized carbons (Fsp3) is 0.118. The largest absolute Gasteiger partial charge is 0.497 e. The van der Waals surface area contributed by atoms with Crippen molar-refractivity contribution in [3.63, 3.8) is 0 Å². The van der Waals surface area contributed by atoms with Gasteiger partial charge in [0.05, 0.1) is 14.2 Å². The molecule has 0 aliphatic rings. The van der Waals surface area contributed by atoms with E-state index in [2.05, 4.69) is 10.6 Å². The number of anilines is 2. The van der Waals surface area contributed by atoms with E-state index in [4.69, 9.17) is 9.47 Å². The molecule has 40 heavy (non-hydrogen) atoms. The van der Waals surface area contributed by atoms with Crippen LogP contribution in [0.15, 0.2) is 97.1 Å². The van der Waals surface area contributed by atoms with Gasteiger partial charge in [-0.3, -0.25) is 9.59 Å². The number of amides is 2. The van der Waals surface area contributed by atoms with E-state index >= 15 is 0 Å². The molecule has 0 unspecified atom stereocenters. The predicted molar refractivity (Wildman–Crippen MR) is 163 cm³/mol. The molecule has 2 amide bonds. The molecule has 6 nitrogen and oxygen atoms in total. The molecule has 0 heterocycles. The highest BCUT2D eigenvalue weighted by atomic mass is 16.5.